The summed E-state index contributed by atoms with van der Waals surface area (Å²) in [6.07, 6.45) is 22.4. The predicted molar refractivity (Wildman–Crippen MR) is 174 cm³/mol. The molecule has 0 aromatic heterocycles. The first-order chi connectivity index (χ1) is 21.5. The fourth-order valence-corrected chi connectivity index (χ4v) is 12.2. The number of terminal acetylenes is 1. The number of benzene rings is 1. The fraction of sp³-hybridized carbons (Fsp3) is 0.700. The molecule has 11 atom stereocenters. The van der Waals surface area contributed by atoms with Crippen LogP contribution in [0.5, 0.6) is 5.75 Å². The summed E-state index contributed by atoms with van der Waals surface area (Å²) in [5.41, 5.74) is 3.37. The van der Waals surface area contributed by atoms with E-state index in [0.29, 0.717) is 53.0 Å². The van der Waals surface area contributed by atoms with Crippen LogP contribution in [-0.2, 0) is 16.0 Å². The van der Waals surface area contributed by atoms with Gasteiger partial charge in [-0.2, -0.15) is 0 Å². The lowest BCUT2D eigenvalue weighted by Crippen LogP contribution is -2.52. The van der Waals surface area contributed by atoms with E-state index in [2.05, 4.69) is 31.9 Å². The zero-order valence-electron chi connectivity index (χ0n) is 27.5. The quantitative estimate of drug-likeness (QED) is 0.197. The van der Waals surface area contributed by atoms with Crippen molar-refractivity contribution in [1.29, 1.82) is 0 Å². The molecule has 8 rings (SSSR count). The summed E-state index contributed by atoms with van der Waals surface area (Å²) in [4.78, 5) is 22.9. The smallest absolute Gasteiger partial charge is 0.308 e. The first-order valence-corrected chi connectivity index (χ1v) is 17.9. The second kappa shape index (κ2) is 11.4. The van der Waals surface area contributed by atoms with Crippen molar-refractivity contribution in [2.75, 3.05) is 0 Å². The molecule has 5 fully saturated rings. The third-order valence-corrected chi connectivity index (χ3v) is 14.6. The summed E-state index contributed by atoms with van der Waals surface area (Å²) in [6.45, 7) is 5.99. The lowest BCUT2D eigenvalue weighted by atomic mass is 9.50. The molecule has 45 heavy (non-hydrogen) atoms. The van der Waals surface area contributed by atoms with Gasteiger partial charge in [-0.25, -0.2) is 0 Å². The van der Waals surface area contributed by atoms with Gasteiger partial charge < -0.3 is 14.9 Å². The van der Waals surface area contributed by atoms with Crippen LogP contribution in [0.25, 0.3) is 0 Å². The van der Waals surface area contributed by atoms with Crippen molar-refractivity contribution in [3.05, 3.63) is 41.0 Å². The van der Waals surface area contributed by atoms with E-state index in [1.54, 1.807) is 0 Å². The summed E-state index contributed by atoms with van der Waals surface area (Å²) in [6, 6.07) is 6.18. The van der Waals surface area contributed by atoms with E-state index in [1.165, 1.54) is 49.3 Å². The third-order valence-electron chi connectivity index (χ3n) is 14.6. The van der Waals surface area contributed by atoms with Gasteiger partial charge in [0.15, 0.2) is 5.78 Å². The van der Waals surface area contributed by atoms with Crippen LogP contribution in [0.2, 0.25) is 0 Å². The zero-order valence-corrected chi connectivity index (χ0v) is 27.5. The maximum absolute atomic E-state index is 11.7. The highest BCUT2D eigenvalue weighted by Crippen LogP contribution is 2.65. The Morgan fingerprint density at radius 2 is 1.69 bits per heavy atom. The molecule has 0 amide bonds. The van der Waals surface area contributed by atoms with Crippen molar-refractivity contribution in [2.45, 2.75) is 128 Å². The number of fused-ring (bicyclic) bond motifs is 10. The number of aryl methyl sites for hydroxylation is 1. The van der Waals surface area contributed by atoms with E-state index in [0.717, 1.165) is 64.2 Å². The van der Waals surface area contributed by atoms with Crippen molar-refractivity contribution in [1.82, 2.24) is 0 Å². The largest absolute Gasteiger partial charge is 0.427 e. The highest BCUT2D eigenvalue weighted by Gasteiger charge is 2.62. The van der Waals surface area contributed by atoms with Crippen molar-refractivity contribution in [2.24, 2.45) is 46.3 Å². The second-order valence-corrected chi connectivity index (χ2v) is 16.3. The van der Waals surface area contributed by atoms with Gasteiger partial charge in [0.2, 0.25) is 0 Å². The van der Waals surface area contributed by atoms with Crippen molar-refractivity contribution < 1.29 is 24.5 Å². The molecular formula is C40H52O5. The minimum Gasteiger partial charge on any atom is -0.427 e. The number of hydrogen-bond acceptors (Lipinski definition) is 5. The molecule has 7 aliphatic rings. The molecule has 1 aromatic rings. The maximum Gasteiger partial charge on any atom is 0.308 e. The Labute approximate surface area is 269 Å². The Morgan fingerprint density at radius 1 is 0.889 bits per heavy atom. The topological polar surface area (TPSA) is 83.8 Å². The van der Waals surface area contributed by atoms with E-state index in [4.69, 9.17) is 11.2 Å². The number of ketones is 1. The monoisotopic (exact) mass is 612 g/mol. The number of esters is 1. The van der Waals surface area contributed by atoms with Crippen molar-refractivity contribution >= 4 is 11.8 Å². The molecule has 7 aliphatic carbocycles. The molecule has 1 aromatic carbocycles. The number of aliphatic hydroxyl groups is 2. The zero-order chi connectivity index (χ0) is 31.7. The number of carbonyl (C=O) groups is 2. The molecule has 242 valence electrons. The van der Waals surface area contributed by atoms with Gasteiger partial charge >= 0.3 is 5.97 Å². The molecule has 0 aliphatic heterocycles. The molecule has 5 heteroatoms. The molecule has 5 nitrogen and oxygen atoms in total. The van der Waals surface area contributed by atoms with E-state index >= 15 is 0 Å². The minimum absolute atomic E-state index is 0.103. The second-order valence-electron chi connectivity index (χ2n) is 16.3. The summed E-state index contributed by atoms with van der Waals surface area (Å²) in [7, 11) is 0. The maximum atomic E-state index is 11.7. The van der Waals surface area contributed by atoms with Gasteiger partial charge in [-0.1, -0.05) is 31.4 Å². The van der Waals surface area contributed by atoms with Gasteiger partial charge in [0.05, 0.1) is 6.10 Å². The van der Waals surface area contributed by atoms with Gasteiger partial charge in [-0.15, -0.1) is 6.42 Å². The van der Waals surface area contributed by atoms with E-state index in [9.17, 15) is 19.8 Å². The Kier molecular flexibility index (Phi) is 7.89. The molecule has 2 N–H and O–H groups in total. The normalized spacial score (nSPS) is 44.3. The first kappa shape index (κ1) is 31.2. The van der Waals surface area contributed by atoms with Crippen molar-refractivity contribution in [3.63, 3.8) is 0 Å². The standard InChI is InChI=1S/C20H26O3.C20H26O2/c1-12(21)23-14-4-6-15-13(11-14)3-5-17-16(15)9-10-20(2)18(17)7-8-19(20)22;1-3-20(22)11-9-18-17-6-4-13-12-14(21)5-7-15(13)16(17)8-10-19(18,20)2/h4,6,11,16-19,22H,3,5,7-10H2,1-2H3;1,12,15-18,22H,4-11H2,2H3/t16?,17?,18?,19-,20-;15?,16?,17?,18?,19-,20-/m00/s1. The fourth-order valence-electron chi connectivity index (χ4n) is 12.2. The van der Waals surface area contributed by atoms with Crippen LogP contribution >= 0.6 is 0 Å². The predicted octanol–water partition coefficient (Wildman–Crippen LogP) is 7.32. The summed E-state index contributed by atoms with van der Waals surface area (Å²) in [5, 5.41) is 21.4. The van der Waals surface area contributed by atoms with Crippen LogP contribution in [0.15, 0.2) is 29.8 Å². The number of ether oxygens (including phenoxy) is 1. The number of aliphatic hydroxyl groups excluding tert-OH is 1. The van der Waals surface area contributed by atoms with Crippen LogP contribution in [0, 0.1) is 58.7 Å². The SMILES string of the molecule is C#C[C@]1(O)CCC2C3CCC4=CC(=O)CCC4C3CC[C@@]21C.CC(=O)Oc1ccc2c(c1)CCC1C2CC[C@@]2(C)C1CC[C@@H]2O. The minimum atomic E-state index is -0.902. The first-order valence-electron chi connectivity index (χ1n) is 17.9. The van der Waals surface area contributed by atoms with Gasteiger partial charge in [-0.05, 0) is 160 Å². The molecule has 0 spiro atoms. The van der Waals surface area contributed by atoms with Crippen LogP contribution in [0.4, 0.5) is 0 Å². The van der Waals surface area contributed by atoms with Crippen molar-refractivity contribution in [3.8, 4) is 18.1 Å². The number of carbonyl (C=O) groups excluding carboxylic acids is 2. The number of allylic oxidation sites excluding steroid dienone is 1. The molecular weight excluding hydrogens is 560 g/mol. The average Bonchev–Trinajstić information content (AvgIpc) is 3.48. The third kappa shape index (κ3) is 4.96. The molecule has 0 bridgehead atoms. The molecule has 0 heterocycles. The summed E-state index contributed by atoms with van der Waals surface area (Å²) >= 11 is 0. The highest BCUT2D eigenvalue weighted by molar-refractivity contribution is 5.91. The lowest BCUT2D eigenvalue weighted by Gasteiger charge is -2.54. The highest BCUT2D eigenvalue weighted by atomic mass is 16.5. The molecule has 5 saturated carbocycles. The molecule has 7 unspecified atom stereocenters. The Hall–Kier alpha value is -2.42. The lowest BCUT2D eigenvalue weighted by molar-refractivity contribution is -0.131. The van der Waals surface area contributed by atoms with Crippen LogP contribution in [0.3, 0.4) is 0 Å². The van der Waals surface area contributed by atoms with Crippen LogP contribution < -0.4 is 4.74 Å². The summed E-state index contributed by atoms with van der Waals surface area (Å²) < 4.78 is 5.24. The van der Waals surface area contributed by atoms with Gasteiger partial charge in [0, 0.05) is 18.8 Å². The number of hydrogen-bond donors (Lipinski definition) is 2. The van der Waals surface area contributed by atoms with Gasteiger partial charge in [0.1, 0.15) is 11.4 Å². The van der Waals surface area contributed by atoms with E-state index in [-0.39, 0.29) is 22.9 Å². The Balaban J connectivity index is 0.000000145. The number of rotatable bonds is 1. The Morgan fingerprint density at radius 3 is 2.47 bits per heavy atom. The van der Waals surface area contributed by atoms with Crippen LogP contribution in [-0.4, -0.2) is 33.7 Å². The van der Waals surface area contributed by atoms with E-state index < -0.39 is 5.60 Å². The molecule has 0 saturated heterocycles. The van der Waals surface area contributed by atoms with Gasteiger partial charge in [-0.3, -0.25) is 9.59 Å². The molecule has 0 radical (unpaired) electrons. The Bertz CT molecular complexity index is 1440. The summed E-state index contributed by atoms with van der Waals surface area (Å²) in [5.74, 6) is 8.06. The average molecular weight is 613 g/mol. The van der Waals surface area contributed by atoms with Crippen LogP contribution in [0.1, 0.15) is 121 Å². The van der Waals surface area contributed by atoms with E-state index in [1.807, 2.05) is 12.1 Å². The van der Waals surface area contributed by atoms with Gasteiger partial charge in [0.25, 0.3) is 0 Å².